The van der Waals surface area contributed by atoms with E-state index >= 15 is 0 Å². The van der Waals surface area contributed by atoms with Gasteiger partial charge in [-0.05, 0) is 12.1 Å². The second kappa shape index (κ2) is 5.59. The molecule has 0 aliphatic carbocycles. The number of para-hydroxylation sites is 1. The number of aromatic nitrogens is 2. The van der Waals surface area contributed by atoms with Gasteiger partial charge in [-0.2, -0.15) is 0 Å². The molecule has 1 fully saturated rings. The van der Waals surface area contributed by atoms with E-state index in [2.05, 4.69) is 56.0 Å². The molecular formula is C19H24N6. The van der Waals surface area contributed by atoms with E-state index < -0.39 is 0 Å². The van der Waals surface area contributed by atoms with Crippen molar-refractivity contribution in [2.75, 3.05) is 31.5 Å². The molecule has 6 nitrogen and oxygen atoms in total. The molecular weight excluding hydrogens is 312 g/mol. The Morgan fingerprint density at radius 2 is 2.00 bits per heavy atom. The van der Waals surface area contributed by atoms with Crippen LogP contribution in [-0.2, 0) is 13.6 Å². The average molecular weight is 336 g/mol. The fraction of sp³-hybridized carbons (Fsp3) is 0.474. The number of amidine groups is 1. The monoisotopic (exact) mass is 336 g/mol. The van der Waals surface area contributed by atoms with E-state index in [-0.39, 0.29) is 5.66 Å². The number of nitrogens with one attached hydrogen (secondary N) is 1. The molecule has 0 unspecified atom stereocenters. The van der Waals surface area contributed by atoms with Crippen molar-refractivity contribution in [3.63, 3.8) is 0 Å². The minimum atomic E-state index is 0.0157. The summed E-state index contributed by atoms with van der Waals surface area (Å²) in [6.45, 7) is 5.01. The van der Waals surface area contributed by atoms with Crippen LogP contribution < -0.4 is 5.32 Å². The number of anilines is 1. The van der Waals surface area contributed by atoms with Crippen LogP contribution in [0.3, 0.4) is 0 Å². The lowest BCUT2D eigenvalue weighted by Crippen LogP contribution is -2.63. The highest BCUT2D eigenvalue weighted by molar-refractivity contribution is 6.06. The predicted octanol–water partition coefficient (Wildman–Crippen LogP) is 1.90. The molecule has 6 heteroatoms. The lowest BCUT2D eigenvalue weighted by atomic mass is 9.90. The van der Waals surface area contributed by atoms with E-state index in [1.807, 2.05) is 12.4 Å². The number of rotatable bonds is 2. The Morgan fingerprint density at radius 3 is 2.80 bits per heavy atom. The smallest absolute Gasteiger partial charge is 0.134 e. The largest absolute Gasteiger partial charge is 0.362 e. The van der Waals surface area contributed by atoms with E-state index in [0.29, 0.717) is 0 Å². The summed E-state index contributed by atoms with van der Waals surface area (Å²) in [6, 6.07) is 8.59. The van der Waals surface area contributed by atoms with E-state index in [9.17, 15) is 0 Å². The molecule has 2 aromatic rings. The van der Waals surface area contributed by atoms with Gasteiger partial charge in [-0.15, -0.1) is 0 Å². The van der Waals surface area contributed by atoms with Gasteiger partial charge in [-0.3, -0.25) is 9.89 Å². The molecule has 4 heterocycles. The summed E-state index contributed by atoms with van der Waals surface area (Å²) in [7, 11) is 2.07. The Morgan fingerprint density at radius 1 is 1.16 bits per heavy atom. The maximum absolute atomic E-state index is 4.82. The number of hydrogen-bond donors (Lipinski definition) is 1. The summed E-state index contributed by atoms with van der Waals surface area (Å²) in [5, 5.41) is 3.87. The van der Waals surface area contributed by atoms with Crippen LogP contribution in [0.2, 0.25) is 0 Å². The van der Waals surface area contributed by atoms with Crippen LogP contribution in [0.1, 0.15) is 24.2 Å². The Labute approximate surface area is 148 Å². The van der Waals surface area contributed by atoms with Gasteiger partial charge in [-0.1, -0.05) is 12.1 Å². The molecule has 1 aromatic heterocycles. The fourth-order valence-electron chi connectivity index (χ4n) is 4.42. The number of benzene rings is 1. The number of imidazole rings is 1. The maximum Gasteiger partial charge on any atom is 0.134 e. The van der Waals surface area contributed by atoms with Crippen LogP contribution in [0.4, 0.5) is 5.69 Å². The van der Waals surface area contributed by atoms with Crippen molar-refractivity contribution in [2.24, 2.45) is 12.0 Å². The summed E-state index contributed by atoms with van der Waals surface area (Å²) >= 11 is 0. The lowest BCUT2D eigenvalue weighted by Gasteiger charge is -2.52. The molecule has 0 radical (unpaired) electrons. The molecule has 1 saturated heterocycles. The van der Waals surface area contributed by atoms with E-state index in [0.717, 1.165) is 51.4 Å². The molecule has 0 atom stereocenters. The number of aliphatic imine (C=N–C) groups is 1. The van der Waals surface area contributed by atoms with Crippen molar-refractivity contribution in [3.8, 4) is 0 Å². The van der Waals surface area contributed by atoms with Gasteiger partial charge in [0.05, 0.1) is 13.1 Å². The average Bonchev–Trinajstić information content (AvgIpc) is 3.28. The molecule has 130 valence electrons. The molecule has 1 aromatic carbocycles. The number of nitrogens with zero attached hydrogens (tertiary/aromatic N) is 5. The molecule has 3 aliphatic rings. The summed E-state index contributed by atoms with van der Waals surface area (Å²) in [5.74, 6) is 2.33. The van der Waals surface area contributed by atoms with Crippen LogP contribution in [0.5, 0.6) is 0 Å². The van der Waals surface area contributed by atoms with Gasteiger partial charge < -0.3 is 14.8 Å². The first kappa shape index (κ1) is 15.0. The first-order chi connectivity index (χ1) is 12.3. The van der Waals surface area contributed by atoms with Gasteiger partial charge in [0.15, 0.2) is 0 Å². The van der Waals surface area contributed by atoms with E-state index in [1.54, 1.807) is 0 Å². The first-order valence-electron chi connectivity index (χ1n) is 9.13. The maximum atomic E-state index is 4.82. The minimum Gasteiger partial charge on any atom is -0.362 e. The van der Waals surface area contributed by atoms with Crippen molar-refractivity contribution in [1.82, 2.24) is 19.4 Å². The second-order valence-corrected chi connectivity index (χ2v) is 7.29. The van der Waals surface area contributed by atoms with Gasteiger partial charge in [0.25, 0.3) is 0 Å². The van der Waals surface area contributed by atoms with Crippen LogP contribution in [0.25, 0.3) is 0 Å². The summed E-state index contributed by atoms with van der Waals surface area (Å²) < 4.78 is 2.12. The normalized spacial score (nSPS) is 21.6. The summed E-state index contributed by atoms with van der Waals surface area (Å²) in [5.41, 5.74) is 2.50. The van der Waals surface area contributed by atoms with Crippen molar-refractivity contribution in [1.29, 1.82) is 0 Å². The Hall–Kier alpha value is -2.34. The predicted molar refractivity (Wildman–Crippen MR) is 98.6 cm³/mol. The SMILES string of the molecule is Cn1ccnc1CN1CCC2(CC1)Nc1ccccc1C1=NCCN12. The topological polar surface area (TPSA) is 48.7 Å². The van der Waals surface area contributed by atoms with Crippen LogP contribution in [0.15, 0.2) is 41.7 Å². The van der Waals surface area contributed by atoms with Crippen molar-refractivity contribution in [3.05, 3.63) is 48.0 Å². The molecule has 1 N–H and O–H groups in total. The van der Waals surface area contributed by atoms with Gasteiger partial charge in [0.1, 0.15) is 17.3 Å². The van der Waals surface area contributed by atoms with Crippen molar-refractivity contribution in [2.45, 2.75) is 25.0 Å². The zero-order valence-corrected chi connectivity index (χ0v) is 14.6. The zero-order valence-electron chi connectivity index (χ0n) is 14.6. The molecule has 0 amide bonds. The number of hydrogen-bond acceptors (Lipinski definition) is 5. The van der Waals surface area contributed by atoms with Crippen LogP contribution >= 0.6 is 0 Å². The van der Waals surface area contributed by atoms with Crippen molar-refractivity contribution < 1.29 is 0 Å². The second-order valence-electron chi connectivity index (χ2n) is 7.29. The third-order valence-corrected chi connectivity index (χ3v) is 5.86. The molecule has 1 spiro atoms. The highest BCUT2D eigenvalue weighted by Gasteiger charge is 2.46. The molecule has 0 saturated carbocycles. The quantitative estimate of drug-likeness (QED) is 0.910. The highest BCUT2D eigenvalue weighted by atomic mass is 15.4. The molecule has 3 aliphatic heterocycles. The number of aryl methyl sites for hydroxylation is 1. The Kier molecular flexibility index (Phi) is 3.35. The highest BCUT2D eigenvalue weighted by Crippen LogP contribution is 2.39. The first-order valence-corrected chi connectivity index (χ1v) is 9.13. The van der Waals surface area contributed by atoms with Gasteiger partial charge in [-0.25, -0.2) is 4.98 Å². The van der Waals surface area contributed by atoms with Crippen LogP contribution in [0, 0.1) is 0 Å². The van der Waals surface area contributed by atoms with Crippen LogP contribution in [-0.4, -0.2) is 57.0 Å². The standard InChI is InChI=1S/C19H24N6/c1-23-12-8-20-17(23)14-24-10-6-19(7-11-24)22-16-5-3-2-4-15(16)18-21-9-13-25(18)19/h2-5,8,12,22H,6-7,9-11,13-14H2,1H3. The number of piperidine rings is 1. The van der Waals surface area contributed by atoms with Gasteiger partial charge in [0, 0.05) is 63.2 Å². The minimum absolute atomic E-state index is 0.0157. The third-order valence-electron chi connectivity index (χ3n) is 5.86. The number of fused-ring (bicyclic) bond motifs is 4. The molecule has 5 rings (SSSR count). The molecule has 0 bridgehead atoms. The fourth-order valence-corrected chi connectivity index (χ4v) is 4.42. The summed E-state index contributed by atoms with van der Waals surface area (Å²) in [6.07, 6.45) is 6.11. The lowest BCUT2D eigenvalue weighted by molar-refractivity contribution is 0.0876. The van der Waals surface area contributed by atoms with E-state index in [1.165, 1.54) is 17.1 Å². The summed E-state index contributed by atoms with van der Waals surface area (Å²) in [4.78, 5) is 14.3. The number of likely N-dealkylation sites (tertiary alicyclic amines) is 1. The van der Waals surface area contributed by atoms with Gasteiger partial charge >= 0.3 is 0 Å². The zero-order chi connectivity index (χ0) is 16.9. The Bertz CT molecular complexity index is 815. The van der Waals surface area contributed by atoms with Crippen molar-refractivity contribution >= 4 is 11.5 Å². The van der Waals surface area contributed by atoms with E-state index in [4.69, 9.17) is 4.99 Å². The Balaban J connectivity index is 1.37. The third kappa shape index (κ3) is 2.35. The van der Waals surface area contributed by atoms with Gasteiger partial charge in [0.2, 0.25) is 0 Å². The molecule has 25 heavy (non-hydrogen) atoms.